The van der Waals surface area contributed by atoms with Gasteiger partial charge in [-0.3, -0.25) is 0 Å². The Labute approximate surface area is 205 Å². The van der Waals surface area contributed by atoms with E-state index in [2.05, 4.69) is 71.0 Å². The lowest BCUT2D eigenvalue weighted by atomic mass is 10.1. The molecular weight excluding hydrogens is 444 g/mol. The first-order chi connectivity index (χ1) is 16.3. The molecule has 0 fully saturated rings. The molecule has 0 spiro atoms. The average molecular weight is 477 g/mol. The van der Waals surface area contributed by atoms with E-state index in [0.717, 1.165) is 39.9 Å². The maximum Gasteiger partial charge on any atom is 0.148 e. The fourth-order valence-electron chi connectivity index (χ4n) is 3.80. The van der Waals surface area contributed by atoms with Crippen LogP contribution in [0.1, 0.15) is 58.3 Å². The van der Waals surface area contributed by atoms with Crippen LogP contribution in [0.25, 0.3) is 31.6 Å². The van der Waals surface area contributed by atoms with E-state index < -0.39 is 0 Å². The molecular formula is C28H32N2OS2. The van der Waals surface area contributed by atoms with Gasteiger partial charge in [0.15, 0.2) is 0 Å². The third-order valence-electron chi connectivity index (χ3n) is 5.73. The molecule has 0 atom stereocenters. The highest BCUT2D eigenvalue weighted by atomic mass is 32.1. The molecule has 0 saturated carbocycles. The van der Waals surface area contributed by atoms with Crippen molar-refractivity contribution in [2.75, 3.05) is 6.61 Å². The highest BCUT2D eigenvalue weighted by molar-refractivity contribution is 7.17. The molecule has 4 rings (SSSR count). The number of benzene rings is 2. The zero-order valence-electron chi connectivity index (χ0n) is 19.3. The van der Waals surface area contributed by atoms with Gasteiger partial charge < -0.3 is 4.74 Å². The van der Waals surface area contributed by atoms with E-state index >= 15 is 0 Å². The molecule has 0 aliphatic carbocycles. The number of hydrogen-bond acceptors (Lipinski definition) is 5. The van der Waals surface area contributed by atoms with Crippen molar-refractivity contribution in [3.05, 3.63) is 66.0 Å². The van der Waals surface area contributed by atoms with Crippen molar-refractivity contribution in [1.82, 2.24) is 10.2 Å². The van der Waals surface area contributed by atoms with Gasteiger partial charge >= 0.3 is 0 Å². The number of unbranched alkanes of at least 4 members (excludes halogenated alkanes) is 7. The molecule has 33 heavy (non-hydrogen) atoms. The van der Waals surface area contributed by atoms with Crippen molar-refractivity contribution in [2.24, 2.45) is 0 Å². The fraction of sp³-hybridized carbons (Fsp3) is 0.357. The molecule has 172 valence electrons. The van der Waals surface area contributed by atoms with Crippen molar-refractivity contribution in [3.8, 4) is 37.3 Å². The number of thiophene rings is 1. The van der Waals surface area contributed by atoms with Crippen LogP contribution in [0.5, 0.6) is 5.75 Å². The molecule has 0 N–H and O–H groups in total. The minimum atomic E-state index is 0.790. The molecule has 0 unspecified atom stereocenters. The maximum atomic E-state index is 5.93. The van der Waals surface area contributed by atoms with Gasteiger partial charge in [-0.05, 0) is 47.7 Å². The standard InChI is InChI=1S/C28H32N2OS2/c1-2-3-4-5-6-7-8-9-20-31-25-18-16-24(17-19-25)28-30-29-27(33-28)23-14-12-22(13-15-23)26-11-10-21-32-26/h10-19,21H,2-9,20H2,1H3. The number of hydrogen-bond donors (Lipinski definition) is 0. The molecule has 2 aromatic carbocycles. The number of rotatable bonds is 13. The third-order valence-corrected chi connectivity index (χ3v) is 7.67. The predicted octanol–water partition coefficient (Wildman–Crippen LogP) is 9.12. The van der Waals surface area contributed by atoms with Crippen LogP contribution >= 0.6 is 22.7 Å². The third kappa shape index (κ3) is 6.99. The quantitative estimate of drug-likeness (QED) is 0.180. The average Bonchev–Trinajstić information content (AvgIpc) is 3.56. The van der Waals surface area contributed by atoms with Crippen LogP contribution in [-0.4, -0.2) is 16.8 Å². The summed E-state index contributed by atoms with van der Waals surface area (Å²) < 4.78 is 5.93. The molecule has 4 aromatic rings. The monoisotopic (exact) mass is 476 g/mol. The lowest BCUT2D eigenvalue weighted by molar-refractivity contribution is 0.304. The van der Waals surface area contributed by atoms with Crippen molar-refractivity contribution in [1.29, 1.82) is 0 Å². The Kier molecular flexibility index (Phi) is 9.08. The van der Waals surface area contributed by atoms with Gasteiger partial charge in [0.2, 0.25) is 0 Å². The van der Waals surface area contributed by atoms with Gasteiger partial charge in [0, 0.05) is 16.0 Å². The van der Waals surface area contributed by atoms with E-state index in [1.165, 1.54) is 55.4 Å². The SMILES string of the molecule is CCCCCCCCCCOc1ccc(-c2nnc(-c3ccc(-c4cccs4)cc3)s2)cc1. The fourth-order valence-corrected chi connectivity index (χ4v) is 5.38. The first kappa shape index (κ1) is 23.7. The summed E-state index contributed by atoms with van der Waals surface area (Å²) in [7, 11) is 0. The molecule has 3 nitrogen and oxygen atoms in total. The molecule has 5 heteroatoms. The topological polar surface area (TPSA) is 35.0 Å². The van der Waals surface area contributed by atoms with Gasteiger partial charge in [0.1, 0.15) is 15.8 Å². The zero-order chi connectivity index (χ0) is 22.7. The molecule has 0 bridgehead atoms. The Morgan fingerprint density at radius 2 is 1.24 bits per heavy atom. The highest BCUT2D eigenvalue weighted by Gasteiger charge is 2.09. The zero-order valence-corrected chi connectivity index (χ0v) is 21.0. The van der Waals surface area contributed by atoms with E-state index in [1.807, 2.05) is 12.1 Å². The van der Waals surface area contributed by atoms with Gasteiger partial charge in [-0.1, -0.05) is 93.5 Å². The van der Waals surface area contributed by atoms with Gasteiger partial charge in [-0.25, -0.2) is 0 Å². The van der Waals surface area contributed by atoms with E-state index in [0.29, 0.717) is 0 Å². The Morgan fingerprint density at radius 1 is 0.667 bits per heavy atom. The Hall–Kier alpha value is -2.50. The molecule has 2 heterocycles. The molecule has 0 aliphatic rings. The van der Waals surface area contributed by atoms with Crippen LogP contribution < -0.4 is 4.74 Å². The predicted molar refractivity (Wildman–Crippen MR) is 142 cm³/mol. The maximum absolute atomic E-state index is 5.93. The largest absolute Gasteiger partial charge is 0.494 e. The number of ether oxygens (including phenoxy) is 1. The Bertz CT molecular complexity index is 1070. The van der Waals surface area contributed by atoms with E-state index in [4.69, 9.17) is 4.74 Å². The molecule has 0 aliphatic heterocycles. The van der Waals surface area contributed by atoms with Crippen molar-refractivity contribution < 1.29 is 4.74 Å². The van der Waals surface area contributed by atoms with E-state index in [-0.39, 0.29) is 0 Å². The number of aromatic nitrogens is 2. The Balaban J connectivity index is 1.24. The van der Waals surface area contributed by atoms with Crippen LogP contribution in [0.3, 0.4) is 0 Å². The van der Waals surface area contributed by atoms with Crippen molar-refractivity contribution in [2.45, 2.75) is 58.3 Å². The summed E-state index contributed by atoms with van der Waals surface area (Å²) in [6, 6.07) is 21.0. The van der Waals surface area contributed by atoms with E-state index in [1.54, 1.807) is 22.7 Å². The summed E-state index contributed by atoms with van der Waals surface area (Å²) in [6.07, 6.45) is 10.5. The summed E-state index contributed by atoms with van der Waals surface area (Å²) >= 11 is 3.38. The summed E-state index contributed by atoms with van der Waals surface area (Å²) in [4.78, 5) is 1.28. The summed E-state index contributed by atoms with van der Waals surface area (Å²) in [5, 5.41) is 12.8. The van der Waals surface area contributed by atoms with Gasteiger partial charge in [0.05, 0.1) is 6.61 Å². The van der Waals surface area contributed by atoms with Crippen LogP contribution in [0.4, 0.5) is 0 Å². The van der Waals surface area contributed by atoms with Gasteiger partial charge in [0.25, 0.3) is 0 Å². The van der Waals surface area contributed by atoms with Crippen molar-refractivity contribution in [3.63, 3.8) is 0 Å². The summed E-state index contributed by atoms with van der Waals surface area (Å²) in [6.45, 7) is 3.06. The lowest BCUT2D eigenvalue weighted by Crippen LogP contribution is -1.97. The second-order valence-corrected chi connectivity index (χ2v) is 10.2. The highest BCUT2D eigenvalue weighted by Crippen LogP contribution is 2.32. The second-order valence-electron chi connectivity index (χ2n) is 8.31. The van der Waals surface area contributed by atoms with E-state index in [9.17, 15) is 0 Å². The van der Waals surface area contributed by atoms with Gasteiger partial charge in [-0.15, -0.1) is 21.5 Å². The second kappa shape index (κ2) is 12.7. The molecule has 0 radical (unpaired) electrons. The molecule has 0 saturated heterocycles. The first-order valence-electron chi connectivity index (χ1n) is 12.0. The number of nitrogens with zero attached hydrogens (tertiary/aromatic N) is 2. The summed E-state index contributed by atoms with van der Waals surface area (Å²) in [5.41, 5.74) is 3.42. The smallest absolute Gasteiger partial charge is 0.148 e. The molecule has 0 amide bonds. The van der Waals surface area contributed by atoms with Crippen molar-refractivity contribution >= 4 is 22.7 Å². The summed E-state index contributed by atoms with van der Waals surface area (Å²) in [5.74, 6) is 0.926. The minimum Gasteiger partial charge on any atom is -0.494 e. The normalized spacial score (nSPS) is 11.1. The first-order valence-corrected chi connectivity index (χ1v) is 13.7. The lowest BCUT2D eigenvalue weighted by Gasteiger charge is -2.06. The Morgan fingerprint density at radius 3 is 1.85 bits per heavy atom. The molecule has 2 aromatic heterocycles. The van der Waals surface area contributed by atoms with Crippen LogP contribution in [0.2, 0.25) is 0 Å². The van der Waals surface area contributed by atoms with Crippen LogP contribution in [-0.2, 0) is 0 Å². The van der Waals surface area contributed by atoms with Crippen LogP contribution in [0.15, 0.2) is 66.0 Å². The van der Waals surface area contributed by atoms with Gasteiger partial charge in [-0.2, -0.15) is 0 Å². The van der Waals surface area contributed by atoms with Crippen LogP contribution in [0, 0.1) is 0 Å². The minimum absolute atomic E-state index is 0.790.